The van der Waals surface area contributed by atoms with Gasteiger partial charge >= 0.3 is 5.15 Å². The second-order valence-corrected chi connectivity index (χ2v) is 8.05. The van der Waals surface area contributed by atoms with Crippen LogP contribution in [0.2, 0.25) is 5.15 Å². The number of halogens is 2. The van der Waals surface area contributed by atoms with Crippen LogP contribution in [0.25, 0.3) is 10.9 Å². The molecule has 5 nitrogen and oxygen atoms in total. The molecule has 2 heterocycles. The molecule has 0 aliphatic carbocycles. The summed E-state index contributed by atoms with van der Waals surface area (Å²) in [5.41, 5.74) is 1.69. The summed E-state index contributed by atoms with van der Waals surface area (Å²) in [6.07, 6.45) is 2.63. The highest BCUT2D eigenvalue weighted by Crippen LogP contribution is 2.42. The summed E-state index contributed by atoms with van der Waals surface area (Å²) >= 11 is 6.12. The molecule has 0 saturated heterocycles. The van der Waals surface area contributed by atoms with Gasteiger partial charge in [-0.2, -0.15) is 0 Å². The molecule has 1 aromatic carbocycles. The van der Waals surface area contributed by atoms with Crippen LogP contribution in [0, 0.1) is 6.92 Å². The molecule has 150 valence electrons. The average molecular weight is 416 g/mol. The van der Waals surface area contributed by atoms with Crippen molar-refractivity contribution in [2.75, 3.05) is 6.54 Å². The second kappa shape index (κ2) is 8.39. The van der Waals surface area contributed by atoms with E-state index in [4.69, 9.17) is 16.3 Å². The number of hydrogen-bond donors (Lipinski definition) is 3. The monoisotopic (exact) mass is 415 g/mol. The summed E-state index contributed by atoms with van der Waals surface area (Å²) in [5.74, 6) is 0.728. The van der Waals surface area contributed by atoms with Crippen LogP contribution in [0.4, 0.5) is 0 Å². The van der Waals surface area contributed by atoms with Crippen molar-refractivity contribution in [3.8, 4) is 5.75 Å². The normalized spacial score (nSPS) is 20.7. The lowest BCUT2D eigenvalue weighted by atomic mass is 9.85. The Hall–Kier alpha value is -1.27. The molecule has 0 saturated carbocycles. The van der Waals surface area contributed by atoms with Gasteiger partial charge in [-0.05, 0) is 57.0 Å². The van der Waals surface area contributed by atoms with Gasteiger partial charge in [0.25, 0.3) is 5.52 Å². The van der Waals surface area contributed by atoms with Crippen LogP contribution in [0.5, 0.6) is 5.75 Å². The van der Waals surface area contributed by atoms with Crippen molar-refractivity contribution in [1.82, 2.24) is 5.32 Å². The van der Waals surface area contributed by atoms with E-state index < -0.39 is 11.7 Å². The van der Waals surface area contributed by atoms with E-state index in [0.717, 1.165) is 52.8 Å². The smallest absolute Gasteiger partial charge is 0.326 e. The third-order valence-corrected chi connectivity index (χ3v) is 5.47. The van der Waals surface area contributed by atoms with Gasteiger partial charge in [0.15, 0.2) is 0 Å². The maximum absolute atomic E-state index is 10.9. The molecule has 27 heavy (non-hydrogen) atoms. The first-order valence-electron chi connectivity index (χ1n) is 9.24. The lowest BCUT2D eigenvalue weighted by Crippen LogP contribution is -2.52. The minimum Gasteiger partial charge on any atom is -0.485 e. The maximum Gasteiger partial charge on any atom is 0.326 e. The summed E-state index contributed by atoms with van der Waals surface area (Å²) in [4.78, 5) is 0. The Bertz CT molecular complexity index is 827. The van der Waals surface area contributed by atoms with E-state index in [1.807, 2.05) is 32.9 Å². The highest BCUT2D eigenvalue weighted by Gasteiger charge is 2.43. The fourth-order valence-electron chi connectivity index (χ4n) is 3.61. The Morgan fingerprint density at radius 2 is 1.96 bits per heavy atom. The molecule has 0 bridgehead atoms. The van der Waals surface area contributed by atoms with Crippen molar-refractivity contribution >= 4 is 34.9 Å². The number of aliphatic hydroxyl groups is 1. The van der Waals surface area contributed by atoms with Crippen molar-refractivity contribution in [3.05, 3.63) is 34.5 Å². The lowest BCUT2D eigenvalue weighted by molar-refractivity contribution is -0.882. The molecule has 2 aromatic rings. The van der Waals surface area contributed by atoms with E-state index in [0.29, 0.717) is 5.52 Å². The molecule has 2 atom stereocenters. The third-order valence-electron chi connectivity index (χ3n) is 5.20. The number of aromatic nitrogens is 1. The van der Waals surface area contributed by atoms with Gasteiger partial charge in [-0.15, -0.1) is 12.4 Å². The number of hydrogen-bond acceptors (Lipinski definition) is 4. The Labute approximate surface area is 171 Å². The zero-order valence-corrected chi connectivity index (χ0v) is 17.8. The molecule has 1 aromatic heterocycles. The molecule has 7 heteroatoms. The fraction of sp³-hybridized carbons (Fsp3) is 0.550. The Morgan fingerprint density at radius 3 is 2.63 bits per heavy atom. The van der Waals surface area contributed by atoms with Gasteiger partial charge in [-0.25, -0.2) is 0 Å². The van der Waals surface area contributed by atoms with Crippen LogP contribution in [0.3, 0.4) is 0 Å². The van der Waals surface area contributed by atoms with Crippen LogP contribution < -0.4 is 14.8 Å². The van der Waals surface area contributed by atoms with E-state index in [9.17, 15) is 10.3 Å². The molecule has 0 spiro atoms. The second-order valence-electron chi connectivity index (χ2n) is 7.66. The van der Waals surface area contributed by atoms with Crippen LogP contribution in [-0.2, 0) is 0 Å². The molecule has 1 aliphatic heterocycles. The Balaban J connectivity index is 0.00000261. The number of benzene rings is 1. The van der Waals surface area contributed by atoms with Crippen molar-refractivity contribution in [3.63, 3.8) is 0 Å². The van der Waals surface area contributed by atoms with Gasteiger partial charge in [0, 0.05) is 22.4 Å². The van der Waals surface area contributed by atoms with Gasteiger partial charge in [0.05, 0.1) is 11.4 Å². The molecule has 3 rings (SSSR count). The topological polar surface area (TPSA) is 65.6 Å². The van der Waals surface area contributed by atoms with Gasteiger partial charge in [0.2, 0.25) is 0 Å². The van der Waals surface area contributed by atoms with Gasteiger partial charge in [-0.3, -0.25) is 5.21 Å². The summed E-state index contributed by atoms with van der Waals surface area (Å²) in [6.45, 7) is 8.72. The number of aliphatic hydroxyl groups excluding tert-OH is 1. The maximum atomic E-state index is 10.9. The molecular formula is C20H29Cl2N2O3+. The number of nitrogens with one attached hydrogen (secondary N) is 1. The number of ether oxygens (including phenoxy) is 1. The third kappa shape index (κ3) is 4.11. The standard InChI is InChI=1S/C20H28ClN2O3.ClH/c1-5-6-7-8-22-18-14-10-15-13(12(2)9-17(21)23(15)25)11-16(14)26-20(3,4)19(18)24;/h9-11,18-19,22,24-25H,5-8H2,1-4H3;1H/q+1;/t18-,19+;/m0./s1. The number of pyridine rings is 1. The van der Waals surface area contributed by atoms with Crippen LogP contribution >= 0.6 is 24.0 Å². The predicted octanol–water partition coefficient (Wildman–Crippen LogP) is 4.10. The summed E-state index contributed by atoms with van der Waals surface area (Å²) in [5, 5.41) is 25.8. The summed E-state index contributed by atoms with van der Waals surface area (Å²) in [7, 11) is 0. The van der Waals surface area contributed by atoms with Crippen molar-refractivity contribution in [2.45, 2.75) is 64.7 Å². The molecule has 0 unspecified atom stereocenters. The number of rotatable bonds is 5. The summed E-state index contributed by atoms with van der Waals surface area (Å²) in [6, 6.07) is 5.24. The van der Waals surface area contributed by atoms with Crippen LogP contribution in [-0.4, -0.2) is 28.6 Å². The number of aryl methyl sites for hydroxylation is 1. The van der Waals surface area contributed by atoms with Crippen molar-refractivity contribution < 1.29 is 19.8 Å². The predicted molar refractivity (Wildman–Crippen MR) is 109 cm³/mol. The highest BCUT2D eigenvalue weighted by molar-refractivity contribution is 6.28. The van der Waals surface area contributed by atoms with Gasteiger partial charge in [-0.1, -0.05) is 19.8 Å². The van der Waals surface area contributed by atoms with Gasteiger partial charge < -0.3 is 15.2 Å². The Morgan fingerprint density at radius 1 is 1.26 bits per heavy atom. The lowest BCUT2D eigenvalue weighted by Gasteiger charge is -2.42. The minimum absolute atomic E-state index is 0. The minimum atomic E-state index is -0.710. The average Bonchev–Trinajstić information content (AvgIpc) is 2.58. The molecule has 1 aliphatic rings. The molecule has 0 fully saturated rings. The quantitative estimate of drug-likeness (QED) is 0.297. The van der Waals surface area contributed by atoms with E-state index in [1.54, 1.807) is 6.07 Å². The molecule has 0 amide bonds. The fourth-order valence-corrected chi connectivity index (χ4v) is 3.86. The van der Waals surface area contributed by atoms with E-state index >= 15 is 0 Å². The molecule has 0 radical (unpaired) electrons. The van der Waals surface area contributed by atoms with E-state index in [-0.39, 0.29) is 23.6 Å². The summed E-state index contributed by atoms with van der Waals surface area (Å²) < 4.78 is 7.09. The van der Waals surface area contributed by atoms with Crippen molar-refractivity contribution in [2.24, 2.45) is 0 Å². The molecule has 3 N–H and O–H groups in total. The Kier molecular flexibility index (Phi) is 6.85. The van der Waals surface area contributed by atoms with Crippen molar-refractivity contribution in [1.29, 1.82) is 0 Å². The number of fused-ring (bicyclic) bond motifs is 2. The SMILES string of the molecule is CCCCCN[C@H]1c2cc3c(cc2OC(C)(C)[C@@H]1O)c(C)cc(Cl)[n+]3O.Cl. The van der Waals surface area contributed by atoms with Gasteiger partial charge in [0.1, 0.15) is 17.5 Å². The van der Waals surface area contributed by atoms with Crippen LogP contribution in [0.15, 0.2) is 18.2 Å². The first-order chi connectivity index (χ1) is 12.3. The largest absolute Gasteiger partial charge is 0.485 e. The first kappa shape index (κ1) is 22.0. The van der Waals surface area contributed by atoms with E-state index in [2.05, 4.69) is 12.2 Å². The number of unbranched alkanes of at least 4 members (excludes halogenated alkanes) is 2. The highest BCUT2D eigenvalue weighted by atomic mass is 35.5. The zero-order chi connectivity index (χ0) is 19.1. The zero-order valence-electron chi connectivity index (χ0n) is 16.3. The van der Waals surface area contributed by atoms with E-state index in [1.165, 1.54) is 0 Å². The first-order valence-corrected chi connectivity index (χ1v) is 9.62. The molecular weight excluding hydrogens is 387 g/mol. The van der Waals surface area contributed by atoms with Crippen LogP contribution in [0.1, 0.15) is 57.2 Å². The number of nitrogens with zero attached hydrogens (tertiary/aromatic N) is 1.